The van der Waals surface area contributed by atoms with Gasteiger partial charge in [-0.25, -0.2) is 4.39 Å². The van der Waals surface area contributed by atoms with Gasteiger partial charge in [0.25, 0.3) is 0 Å². The predicted molar refractivity (Wildman–Crippen MR) is 87.5 cm³/mol. The zero-order chi connectivity index (χ0) is 15.4. The van der Waals surface area contributed by atoms with E-state index in [0.29, 0.717) is 5.41 Å². The summed E-state index contributed by atoms with van der Waals surface area (Å²) in [6, 6.07) is 18.5. The lowest BCUT2D eigenvalue weighted by atomic mass is 9.87. The lowest BCUT2D eigenvalue weighted by Crippen LogP contribution is -2.10. The van der Waals surface area contributed by atoms with E-state index in [1.807, 2.05) is 0 Å². The second-order valence-electron chi connectivity index (χ2n) is 5.62. The Bertz CT molecular complexity index is 426. The van der Waals surface area contributed by atoms with Gasteiger partial charge in [-0.2, -0.15) is 0 Å². The fourth-order valence-corrected chi connectivity index (χ4v) is 1.35. The van der Waals surface area contributed by atoms with E-state index in [0.717, 1.165) is 0 Å². The standard InChI is InChI=1S/C10H14.C6H5F.C3H8/c1-10(2,3)9-7-5-4-6-8-9;7-6-4-2-1-3-5-6;1-3-2/h4-8H,1-3H3;1-5H;3H2,1-2H3. The maximum absolute atomic E-state index is 11.9. The molecule has 0 atom stereocenters. The number of halogens is 1. The van der Waals surface area contributed by atoms with Crippen molar-refractivity contribution in [3.05, 3.63) is 72.0 Å². The zero-order valence-electron chi connectivity index (χ0n) is 13.4. The molecule has 0 aliphatic heterocycles. The summed E-state index contributed by atoms with van der Waals surface area (Å²) in [6.45, 7) is 10.9. The molecule has 0 heterocycles. The van der Waals surface area contributed by atoms with Crippen LogP contribution in [-0.4, -0.2) is 0 Å². The predicted octanol–water partition coefficient (Wildman–Crippen LogP) is 6.23. The molecule has 0 unspecified atom stereocenters. The van der Waals surface area contributed by atoms with Gasteiger partial charge in [0.15, 0.2) is 0 Å². The van der Waals surface area contributed by atoms with Crippen molar-refractivity contribution in [3.8, 4) is 0 Å². The van der Waals surface area contributed by atoms with E-state index in [1.165, 1.54) is 24.1 Å². The van der Waals surface area contributed by atoms with Crippen molar-refractivity contribution in [1.29, 1.82) is 0 Å². The quantitative estimate of drug-likeness (QED) is 0.534. The smallest absolute Gasteiger partial charge is 0.123 e. The Balaban J connectivity index is 0.000000315. The van der Waals surface area contributed by atoms with Crippen LogP contribution in [0.1, 0.15) is 46.6 Å². The van der Waals surface area contributed by atoms with Crippen LogP contribution in [-0.2, 0) is 5.41 Å². The summed E-state index contributed by atoms with van der Waals surface area (Å²) in [4.78, 5) is 0. The van der Waals surface area contributed by atoms with Gasteiger partial charge in [0.05, 0.1) is 0 Å². The second-order valence-corrected chi connectivity index (χ2v) is 5.62. The normalized spacial score (nSPS) is 9.70. The van der Waals surface area contributed by atoms with E-state index < -0.39 is 0 Å². The molecule has 0 bridgehead atoms. The van der Waals surface area contributed by atoms with Gasteiger partial charge >= 0.3 is 0 Å². The molecular weight excluding hydrogens is 247 g/mol. The molecule has 0 nitrogen and oxygen atoms in total. The molecule has 0 aliphatic rings. The first kappa shape index (κ1) is 18.4. The summed E-state index contributed by atoms with van der Waals surface area (Å²) in [7, 11) is 0. The van der Waals surface area contributed by atoms with Crippen LogP contribution in [0, 0.1) is 5.82 Å². The molecule has 0 radical (unpaired) electrons. The highest BCUT2D eigenvalue weighted by Gasteiger charge is 2.11. The van der Waals surface area contributed by atoms with Crippen LogP contribution in [0.4, 0.5) is 4.39 Å². The first-order valence-corrected chi connectivity index (χ1v) is 7.17. The highest BCUT2D eigenvalue weighted by atomic mass is 19.1. The summed E-state index contributed by atoms with van der Waals surface area (Å²) in [5.74, 6) is -0.178. The van der Waals surface area contributed by atoms with Gasteiger partial charge in [-0.1, -0.05) is 89.6 Å². The van der Waals surface area contributed by atoms with Gasteiger partial charge in [0.1, 0.15) is 5.82 Å². The zero-order valence-corrected chi connectivity index (χ0v) is 13.4. The average molecular weight is 274 g/mol. The average Bonchev–Trinajstić information content (AvgIpc) is 2.41. The highest BCUT2D eigenvalue weighted by Crippen LogP contribution is 2.20. The van der Waals surface area contributed by atoms with Crippen molar-refractivity contribution >= 4 is 0 Å². The molecule has 110 valence electrons. The summed E-state index contributed by atoms with van der Waals surface area (Å²) in [5.41, 5.74) is 1.69. The van der Waals surface area contributed by atoms with E-state index in [9.17, 15) is 4.39 Å². The van der Waals surface area contributed by atoms with Gasteiger partial charge in [-0.15, -0.1) is 0 Å². The fourth-order valence-electron chi connectivity index (χ4n) is 1.35. The van der Waals surface area contributed by atoms with Crippen LogP contribution >= 0.6 is 0 Å². The molecule has 0 amide bonds. The van der Waals surface area contributed by atoms with E-state index in [1.54, 1.807) is 18.2 Å². The third kappa shape index (κ3) is 9.32. The topological polar surface area (TPSA) is 0 Å². The maximum Gasteiger partial charge on any atom is 0.123 e. The molecule has 0 N–H and O–H groups in total. The van der Waals surface area contributed by atoms with Gasteiger partial charge in [0, 0.05) is 0 Å². The fraction of sp³-hybridized carbons (Fsp3) is 0.368. The Labute approximate surface area is 123 Å². The van der Waals surface area contributed by atoms with Crippen LogP contribution in [0.15, 0.2) is 60.7 Å². The van der Waals surface area contributed by atoms with Crippen LogP contribution in [0.5, 0.6) is 0 Å². The second kappa shape index (κ2) is 10.2. The number of rotatable bonds is 0. The van der Waals surface area contributed by atoms with Gasteiger partial charge in [0.2, 0.25) is 0 Å². The summed E-state index contributed by atoms with van der Waals surface area (Å²) in [5, 5.41) is 0. The molecule has 0 saturated heterocycles. The Morgan fingerprint density at radius 3 is 1.30 bits per heavy atom. The van der Waals surface area contributed by atoms with Crippen LogP contribution in [0.3, 0.4) is 0 Å². The molecule has 20 heavy (non-hydrogen) atoms. The Morgan fingerprint density at radius 1 is 0.750 bits per heavy atom. The van der Waals surface area contributed by atoms with Crippen LogP contribution in [0.2, 0.25) is 0 Å². The monoisotopic (exact) mass is 274 g/mol. The summed E-state index contributed by atoms with van der Waals surface area (Å²) >= 11 is 0. The number of benzene rings is 2. The van der Waals surface area contributed by atoms with Gasteiger partial charge in [-0.05, 0) is 23.1 Å². The Hall–Kier alpha value is -1.63. The largest absolute Gasteiger partial charge is 0.207 e. The number of hydrogen-bond acceptors (Lipinski definition) is 0. The van der Waals surface area contributed by atoms with Gasteiger partial charge < -0.3 is 0 Å². The van der Waals surface area contributed by atoms with E-state index >= 15 is 0 Å². The van der Waals surface area contributed by atoms with Crippen LogP contribution < -0.4 is 0 Å². The molecule has 0 saturated carbocycles. The minimum Gasteiger partial charge on any atom is -0.207 e. The molecule has 0 spiro atoms. The minimum atomic E-state index is -0.178. The molecular formula is C19H27F. The third-order valence-electron chi connectivity index (χ3n) is 2.37. The molecule has 0 aliphatic carbocycles. The molecule has 2 rings (SSSR count). The Kier molecular flexibility index (Phi) is 9.36. The van der Waals surface area contributed by atoms with Crippen molar-refractivity contribution in [1.82, 2.24) is 0 Å². The minimum absolute atomic E-state index is 0.178. The number of hydrogen-bond donors (Lipinski definition) is 0. The molecule has 2 aromatic carbocycles. The van der Waals surface area contributed by atoms with E-state index in [-0.39, 0.29) is 5.82 Å². The molecule has 0 fully saturated rings. The van der Waals surface area contributed by atoms with Crippen molar-refractivity contribution < 1.29 is 4.39 Å². The Morgan fingerprint density at radius 2 is 1.10 bits per heavy atom. The maximum atomic E-state index is 11.9. The first-order chi connectivity index (χ1) is 9.41. The van der Waals surface area contributed by atoms with E-state index in [2.05, 4.69) is 65.0 Å². The highest BCUT2D eigenvalue weighted by molar-refractivity contribution is 5.21. The van der Waals surface area contributed by atoms with Crippen molar-refractivity contribution in [2.45, 2.75) is 46.5 Å². The first-order valence-electron chi connectivity index (χ1n) is 7.17. The van der Waals surface area contributed by atoms with Crippen LogP contribution in [0.25, 0.3) is 0 Å². The lowest BCUT2D eigenvalue weighted by Gasteiger charge is -2.18. The molecule has 2 aromatic rings. The van der Waals surface area contributed by atoms with Crippen molar-refractivity contribution in [3.63, 3.8) is 0 Å². The van der Waals surface area contributed by atoms with Crippen molar-refractivity contribution in [2.24, 2.45) is 0 Å². The summed E-state index contributed by atoms with van der Waals surface area (Å²) < 4.78 is 11.9. The molecule has 0 aromatic heterocycles. The summed E-state index contributed by atoms with van der Waals surface area (Å²) in [6.07, 6.45) is 1.25. The van der Waals surface area contributed by atoms with E-state index in [4.69, 9.17) is 0 Å². The molecule has 1 heteroatoms. The van der Waals surface area contributed by atoms with Crippen molar-refractivity contribution in [2.75, 3.05) is 0 Å². The lowest BCUT2D eigenvalue weighted by molar-refractivity contribution is 0.590. The van der Waals surface area contributed by atoms with Gasteiger partial charge in [-0.3, -0.25) is 0 Å². The SMILES string of the molecule is CC(C)(C)c1ccccc1.CCC.Fc1ccccc1. The third-order valence-corrected chi connectivity index (χ3v) is 2.37.